The lowest BCUT2D eigenvalue weighted by Gasteiger charge is -2.25. The molecule has 2 aliphatic rings. The molecule has 0 aliphatic carbocycles. The molecule has 4 rings (SSSR count). The molecule has 5 heteroatoms. The van der Waals surface area contributed by atoms with Crippen molar-refractivity contribution < 1.29 is 14.3 Å². The Kier molecular flexibility index (Phi) is 5.30. The lowest BCUT2D eigenvalue weighted by atomic mass is 10.0. The van der Waals surface area contributed by atoms with Crippen LogP contribution in [0.1, 0.15) is 36.4 Å². The number of nitrogens with one attached hydrogen (secondary N) is 1. The fourth-order valence-electron chi connectivity index (χ4n) is 3.80. The van der Waals surface area contributed by atoms with Crippen LogP contribution >= 0.6 is 0 Å². The number of likely N-dealkylation sites (tertiary alicyclic amines) is 1. The standard InChI is InChI=1S/C22H26N2O3/c1-16-5-8-18(9-6-16)23-22(25)15-24-11-2-4-19(24)17-7-10-20-21(14-17)27-13-3-12-26-20/h5-10,14,19H,2-4,11-13,15H2,1H3,(H,23,25)/t19-/m0/s1. The Morgan fingerprint density at radius 3 is 2.67 bits per heavy atom. The smallest absolute Gasteiger partial charge is 0.238 e. The fraction of sp³-hybridized carbons (Fsp3) is 0.409. The van der Waals surface area contributed by atoms with Crippen molar-refractivity contribution in [2.45, 2.75) is 32.2 Å². The van der Waals surface area contributed by atoms with E-state index >= 15 is 0 Å². The highest BCUT2D eigenvalue weighted by Crippen LogP contribution is 2.37. The number of ether oxygens (including phenoxy) is 2. The highest BCUT2D eigenvalue weighted by atomic mass is 16.5. The van der Waals surface area contributed by atoms with E-state index in [1.54, 1.807) is 0 Å². The third kappa shape index (κ3) is 4.25. The molecule has 0 aromatic heterocycles. The molecule has 2 aromatic rings. The molecule has 0 unspecified atom stereocenters. The lowest BCUT2D eigenvalue weighted by molar-refractivity contribution is -0.117. The second-order valence-electron chi connectivity index (χ2n) is 7.30. The predicted octanol–water partition coefficient (Wildman–Crippen LogP) is 3.93. The van der Waals surface area contributed by atoms with Gasteiger partial charge in [0.05, 0.1) is 19.8 Å². The Morgan fingerprint density at radius 1 is 1.07 bits per heavy atom. The first kappa shape index (κ1) is 17.9. The molecule has 0 bridgehead atoms. The molecule has 0 saturated carbocycles. The minimum Gasteiger partial charge on any atom is -0.490 e. The van der Waals surface area contributed by atoms with Crippen LogP contribution in [0.3, 0.4) is 0 Å². The van der Waals surface area contributed by atoms with Gasteiger partial charge in [-0.1, -0.05) is 23.8 Å². The number of amides is 1. The van der Waals surface area contributed by atoms with Crippen molar-refractivity contribution in [2.75, 3.05) is 31.6 Å². The molecule has 5 nitrogen and oxygen atoms in total. The van der Waals surface area contributed by atoms with Crippen molar-refractivity contribution in [3.8, 4) is 11.5 Å². The molecular formula is C22H26N2O3. The SMILES string of the molecule is Cc1ccc(NC(=O)CN2CCC[C@H]2c2ccc3c(c2)OCCCO3)cc1. The van der Waals surface area contributed by atoms with Gasteiger partial charge in [0.1, 0.15) is 0 Å². The number of anilines is 1. The van der Waals surface area contributed by atoms with Crippen LogP contribution in [0, 0.1) is 6.92 Å². The van der Waals surface area contributed by atoms with Crippen molar-refractivity contribution in [3.63, 3.8) is 0 Å². The summed E-state index contributed by atoms with van der Waals surface area (Å²) < 4.78 is 11.6. The highest BCUT2D eigenvalue weighted by Gasteiger charge is 2.28. The van der Waals surface area contributed by atoms with E-state index < -0.39 is 0 Å². The quantitative estimate of drug-likeness (QED) is 0.891. The summed E-state index contributed by atoms with van der Waals surface area (Å²) in [6, 6.07) is 14.3. The molecule has 1 atom stereocenters. The number of fused-ring (bicyclic) bond motifs is 1. The van der Waals surface area contributed by atoms with Gasteiger partial charge < -0.3 is 14.8 Å². The van der Waals surface area contributed by atoms with Crippen LogP contribution in [-0.4, -0.2) is 37.1 Å². The van der Waals surface area contributed by atoms with Gasteiger partial charge in [-0.15, -0.1) is 0 Å². The summed E-state index contributed by atoms with van der Waals surface area (Å²) in [6.45, 7) is 4.74. The molecule has 2 heterocycles. The lowest BCUT2D eigenvalue weighted by Crippen LogP contribution is -2.32. The van der Waals surface area contributed by atoms with Gasteiger partial charge in [-0.3, -0.25) is 9.69 Å². The summed E-state index contributed by atoms with van der Waals surface area (Å²) in [5.74, 6) is 1.67. The van der Waals surface area contributed by atoms with Crippen molar-refractivity contribution in [3.05, 3.63) is 53.6 Å². The normalized spacial score (nSPS) is 19.5. The third-order valence-electron chi connectivity index (χ3n) is 5.20. The molecule has 0 spiro atoms. The number of nitrogens with zero attached hydrogens (tertiary/aromatic N) is 1. The molecule has 27 heavy (non-hydrogen) atoms. The van der Waals surface area contributed by atoms with Crippen LogP contribution in [0.5, 0.6) is 11.5 Å². The van der Waals surface area contributed by atoms with Gasteiger partial charge in [-0.2, -0.15) is 0 Å². The van der Waals surface area contributed by atoms with Crippen molar-refractivity contribution in [1.82, 2.24) is 4.90 Å². The van der Waals surface area contributed by atoms with E-state index in [4.69, 9.17) is 9.47 Å². The number of rotatable bonds is 4. The minimum atomic E-state index is 0.0279. The molecule has 1 fully saturated rings. The maximum atomic E-state index is 12.5. The molecule has 142 valence electrons. The zero-order chi connectivity index (χ0) is 18.6. The van der Waals surface area contributed by atoms with Gasteiger partial charge in [0.2, 0.25) is 5.91 Å². The first-order chi connectivity index (χ1) is 13.2. The summed E-state index contributed by atoms with van der Waals surface area (Å²) >= 11 is 0. The Hall–Kier alpha value is -2.53. The number of benzene rings is 2. The molecule has 2 aromatic carbocycles. The first-order valence-electron chi connectivity index (χ1n) is 9.69. The Balaban J connectivity index is 1.43. The molecule has 1 N–H and O–H groups in total. The Labute approximate surface area is 160 Å². The molecule has 1 amide bonds. The van der Waals surface area contributed by atoms with Crippen LogP contribution in [0.15, 0.2) is 42.5 Å². The summed E-state index contributed by atoms with van der Waals surface area (Å²) in [5.41, 5.74) is 3.22. The molecule has 2 aliphatic heterocycles. The van der Waals surface area contributed by atoms with Crippen molar-refractivity contribution >= 4 is 11.6 Å². The monoisotopic (exact) mass is 366 g/mol. The van der Waals surface area contributed by atoms with Gasteiger partial charge in [0.15, 0.2) is 11.5 Å². The largest absolute Gasteiger partial charge is 0.490 e. The number of hydrogen-bond donors (Lipinski definition) is 1. The fourth-order valence-corrected chi connectivity index (χ4v) is 3.80. The van der Waals surface area contributed by atoms with Crippen molar-refractivity contribution in [2.24, 2.45) is 0 Å². The number of carbonyl (C=O) groups is 1. The van der Waals surface area contributed by atoms with Gasteiger partial charge >= 0.3 is 0 Å². The third-order valence-corrected chi connectivity index (χ3v) is 5.20. The zero-order valence-electron chi connectivity index (χ0n) is 15.7. The Morgan fingerprint density at radius 2 is 1.85 bits per heavy atom. The van der Waals surface area contributed by atoms with Gasteiger partial charge in [0.25, 0.3) is 0 Å². The van der Waals surface area contributed by atoms with Gasteiger partial charge in [-0.05, 0) is 56.1 Å². The van der Waals surface area contributed by atoms with E-state index in [1.165, 1.54) is 11.1 Å². The average Bonchev–Trinajstić information content (AvgIpc) is 2.99. The van der Waals surface area contributed by atoms with E-state index in [2.05, 4.69) is 22.3 Å². The maximum Gasteiger partial charge on any atom is 0.238 e. The molecular weight excluding hydrogens is 340 g/mol. The minimum absolute atomic E-state index is 0.0279. The second kappa shape index (κ2) is 8.01. The zero-order valence-corrected chi connectivity index (χ0v) is 15.7. The predicted molar refractivity (Wildman–Crippen MR) is 105 cm³/mol. The van der Waals surface area contributed by atoms with E-state index in [0.717, 1.165) is 43.0 Å². The summed E-state index contributed by atoms with van der Waals surface area (Å²) in [7, 11) is 0. The van der Waals surface area contributed by atoms with Crippen LogP contribution in [-0.2, 0) is 4.79 Å². The van der Waals surface area contributed by atoms with Gasteiger partial charge in [-0.25, -0.2) is 0 Å². The van der Waals surface area contributed by atoms with E-state index in [-0.39, 0.29) is 11.9 Å². The number of hydrogen-bond acceptors (Lipinski definition) is 4. The second-order valence-corrected chi connectivity index (χ2v) is 7.30. The Bertz CT molecular complexity index is 804. The molecule has 0 radical (unpaired) electrons. The van der Waals surface area contributed by atoms with Crippen LogP contribution in [0.25, 0.3) is 0 Å². The summed E-state index contributed by atoms with van der Waals surface area (Å²) in [5, 5.41) is 3.00. The van der Waals surface area contributed by atoms with Gasteiger partial charge in [0, 0.05) is 18.2 Å². The molecule has 1 saturated heterocycles. The van der Waals surface area contributed by atoms with Crippen LogP contribution in [0.4, 0.5) is 5.69 Å². The number of carbonyl (C=O) groups excluding carboxylic acids is 1. The van der Waals surface area contributed by atoms with Crippen molar-refractivity contribution in [1.29, 1.82) is 0 Å². The summed E-state index contributed by atoms with van der Waals surface area (Å²) in [4.78, 5) is 14.8. The summed E-state index contributed by atoms with van der Waals surface area (Å²) in [6.07, 6.45) is 3.05. The van der Waals surface area contributed by atoms with E-state index in [1.807, 2.05) is 37.3 Å². The average molecular weight is 366 g/mol. The number of aryl methyl sites for hydroxylation is 1. The van der Waals surface area contributed by atoms with E-state index in [0.29, 0.717) is 19.8 Å². The highest BCUT2D eigenvalue weighted by molar-refractivity contribution is 5.92. The van der Waals surface area contributed by atoms with Crippen LogP contribution in [0.2, 0.25) is 0 Å². The van der Waals surface area contributed by atoms with Crippen LogP contribution < -0.4 is 14.8 Å². The van der Waals surface area contributed by atoms with E-state index in [9.17, 15) is 4.79 Å². The topological polar surface area (TPSA) is 50.8 Å². The maximum absolute atomic E-state index is 12.5. The first-order valence-corrected chi connectivity index (χ1v) is 9.69.